The molecule has 1 amide bonds. The number of hydrogen-bond acceptors (Lipinski definition) is 4. The zero-order chi connectivity index (χ0) is 21.4. The lowest BCUT2D eigenvalue weighted by molar-refractivity contribution is 0.0996. The predicted octanol–water partition coefficient (Wildman–Crippen LogP) is 5.17. The standard InChI is InChI=1S/C20H15Cl3N6O/c1-11-16(23)9-28(26-11)13-7-5-12(6-8-13)25-17-10-29(27-18(17)20(24)30)19-14(21)3-2-4-15(19)22/h2-10,25H,1H3,(H2,24,30). The lowest BCUT2D eigenvalue weighted by atomic mass is 10.2. The Hall–Kier alpha value is -3.00. The van der Waals surface area contributed by atoms with Crippen LogP contribution < -0.4 is 11.1 Å². The van der Waals surface area contributed by atoms with Gasteiger partial charge in [0.2, 0.25) is 0 Å². The van der Waals surface area contributed by atoms with Gasteiger partial charge in [-0.1, -0.05) is 40.9 Å². The fraction of sp³-hybridized carbons (Fsp3) is 0.0500. The van der Waals surface area contributed by atoms with Crippen LogP contribution in [0.4, 0.5) is 11.4 Å². The number of hydrogen-bond donors (Lipinski definition) is 2. The zero-order valence-corrected chi connectivity index (χ0v) is 17.9. The fourth-order valence-electron chi connectivity index (χ4n) is 2.89. The molecule has 30 heavy (non-hydrogen) atoms. The van der Waals surface area contributed by atoms with Gasteiger partial charge in [-0.25, -0.2) is 9.36 Å². The van der Waals surface area contributed by atoms with Crippen molar-refractivity contribution in [2.45, 2.75) is 6.92 Å². The van der Waals surface area contributed by atoms with Gasteiger partial charge in [0.1, 0.15) is 5.69 Å². The average molecular weight is 462 g/mol. The van der Waals surface area contributed by atoms with Crippen LogP contribution in [0.5, 0.6) is 0 Å². The lowest BCUT2D eigenvalue weighted by Crippen LogP contribution is -2.14. The third-order valence-corrected chi connectivity index (χ3v) is 5.35. The summed E-state index contributed by atoms with van der Waals surface area (Å²) in [5.74, 6) is -0.683. The Labute approximate surface area is 187 Å². The molecule has 152 valence electrons. The van der Waals surface area contributed by atoms with E-state index in [0.717, 1.165) is 17.1 Å². The summed E-state index contributed by atoms with van der Waals surface area (Å²) in [7, 11) is 0. The van der Waals surface area contributed by atoms with Crippen LogP contribution >= 0.6 is 34.8 Å². The summed E-state index contributed by atoms with van der Waals surface area (Å²) in [5, 5.41) is 13.1. The third kappa shape index (κ3) is 3.87. The first-order valence-corrected chi connectivity index (χ1v) is 9.90. The number of anilines is 2. The van der Waals surface area contributed by atoms with E-state index in [1.54, 1.807) is 35.3 Å². The summed E-state index contributed by atoms with van der Waals surface area (Å²) in [6, 6.07) is 12.5. The molecular weight excluding hydrogens is 447 g/mol. The van der Waals surface area contributed by atoms with E-state index in [1.165, 1.54) is 4.68 Å². The van der Waals surface area contributed by atoms with Gasteiger partial charge >= 0.3 is 0 Å². The molecule has 0 saturated heterocycles. The SMILES string of the molecule is Cc1nn(-c2ccc(Nc3cn(-c4c(Cl)cccc4Cl)nc3C(N)=O)cc2)cc1Cl. The quantitative estimate of drug-likeness (QED) is 0.429. The minimum Gasteiger partial charge on any atom is -0.364 e. The highest BCUT2D eigenvalue weighted by atomic mass is 35.5. The number of nitrogens with one attached hydrogen (secondary N) is 1. The van der Waals surface area contributed by atoms with E-state index < -0.39 is 5.91 Å². The summed E-state index contributed by atoms with van der Waals surface area (Å²) >= 11 is 18.6. The fourth-order valence-corrected chi connectivity index (χ4v) is 3.59. The number of amides is 1. The lowest BCUT2D eigenvalue weighted by Gasteiger charge is -2.07. The summed E-state index contributed by atoms with van der Waals surface area (Å²) in [6.45, 7) is 1.84. The number of aryl methyl sites for hydroxylation is 1. The maximum Gasteiger partial charge on any atom is 0.271 e. The Kier molecular flexibility index (Phi) is 5.42. The molecule has 0 unspecified atom stereocenters. The van der Waals surface area contributed by atoms with Crippen molar-refractivity contribution in [1.29, 1.82) is 0 Å². The Morgan fingerprint density at radius 2 is 1.60 bits per heavy atom. The largest absolute Gasteiger partial charge is 0.364 e. The van der Waals surface area contributed by atoms with E-state index in [1.807, 2.05) is 31.2 Å². The molecule has 4 rings (SSSR count). The van der Waals surface area contributed by atoms with Gasteiger partial charge in [0, 0.05) is 11.9 Å². The van der Waals surface area contributed by atoms with Crippen LogP contribution in [0, 0.1) is 6.92 Å². The van der Waals surface area contributed by atoms with Crippen LogP contribution in [0.15, 0.2) is 54.9 Å². The predicted molar refractivity (Wildman–Crippen MR) is 119 cm³/mol. The van der Waals surface area contributed by atoms with Gasteiger partial charge in [0.15, 0.2) is 5.69 Å². The first-order chi connectivity index (χ1) is 14.3. The molecule has 0 aliphatic rings. The minimum atomic E-state index is -0.683. The van der Waals surface area contributed by atoms with Crippen LogP contribution in [0.25, 0.3) is 11.4 Å². The Morgan fingerprint density at radius 1 is 0.933 bits per heavy atom. The molecular formula is C20H15Cl3N6O. The first kappa shape index (κ1) is 20.3. The minimum absolute atomic E-state index is 0.0598. The summed E-state index contributed by atoms with van der Waals surface area (Å²) in [4.78, 5) is 11.9. The Bertz CT molecular complexity index is 1210. The van der Waals surface area contributed by atoms with E-state index in [4.69, 9.17) is 40.5 Å². The number of halogens is 3. The second kappa shape index (κ2) is 8.02. The number of rotatable bonds is 5. The second-order valence-corrected chi connectivity index (χ2v) is 7.67. The topological polar surface area (TPSA) is 90.8 Å². The number of primary amides is 1. The van der Waals surface area contributed by atoms with Crippen LogP contribution in [0.2, 0.25) is 15.1 Å². The molecule has 0 atom stereocenters. The van der Waals surface area contributed by atoms with E-state index in [2.05, 4.69) is 15.5 Å². The number of nitrogens with zero attached hydrogens (tertiary/aromatic N) is 4. The molecule has 0 aliphatic heterocycles. The number of aromatic nitrogens is 4. The first-order valence-electron chi connectivity index (χ1n) is 8.76. The average Bonchev–Trinajstić information content (AvgIpc) is 3.26. The summed E-state index contributed by atoms with van der Waals surface area (Å²) in [6.07, 6.45) is 3.35. The highest BCUT2D eigenvalue weighted by molar-refractivity contribution is 6.37. The number of benzene rings is 2. The molecule has 0 fully saturated rings. The molecule has 0 saturated carbocycles. The molecule has 0 bridgehead atoms. The Balaban J connectivity index is 1.66. The molecule has 10 heteroatoms. The van der Waals surface area contributed by atoms with Gasteiger partial charge < -0.3 is 11.1 Å². The Morgan fingerprint density at radius 3 is 2.17 bits per heavy atom. The monoisotopic (exact) mass is 460 g/mol. The number of para-hydroxylation sites is 1. The van der Waals surface area contributed by atoms with Crippen LogP contribution in [-0.4, -0.2) is 25.5 Å². The van der Waals surface area contributed by atoms with Crippen molar-refractivity contribution in [3.63, 3.8) is 0 Å². The molecule has 2 aromatic carbocycles. The normalized spacial score (nSPS) is 10.9. The van der Waals surface area contributed by atoms with Crippen LogP contribution in [-0.2, 0) is 0 Å². The van der Waals surface area contributed by atoms with Crippen LogP contribution in [0.1, 0.15) is 16.2 Å². The van der Waals surface area contributed by atoms with E-state index in [9.17, 15) is 4.79 Å². The van der Waals surface area contributed by atoms with Crippen molar-refractivity contribution < 1.29 is 4.79 Å². The summed E-state index contributed by atoms with van der Waals surface area (Å²) < 4.78 is 3.11. The van der Waals surface area contributed by atoms with Gasteiger partial charge in [0.25, 0.3) is 5.91 Å². The molecule has 2 aromatic heterocycles. The van der Waals surface area contributed by atoms with E-state index in [-0.39, 0.29) is 5.69 Å². The number of carbonyl (C=O) groups excluding carboxylic acids is 1. The van der Waals surface area contributed by atoms with Crippen molar-refractivity contribution in [2.24, 2.45) is 5.73 Å². The van der Waals surface area contributed by atoms with Crippen molar-refractivity contribution in [3.8, 4) is 11.4 Å². The highest BCUT2D eigenvalue weighted by Gasteiger charge is 2.18. The van der Waals surface area contributed by atoms with Gasteiger partial charge in [-0.15, -0.1) is 0 Å². The van der Waals surface area contributed by atoms with Crippen molar-refractivity contribution in [3.05, 3.63) is 81.3 Å². The maximum absolute atomic E-state index is 11.9. The zero-order valence-electron chi connectivity index (χ0n) is 15.6. The van der Waals surface area contributed by atoms with Crippen molar-refractivity contribution in [2.75, 3.05) is 5.32 Å². The van der Waals surface area contributed by atoms with E-state index >= 15 is 0 Å². The molecule has 3 N–H and O–H groups in total. The van der Waals surface area contributed by atoms with Crippen molar-refractivity contribution in [1.82, 2.24) is 19.6 Å². The van der Waals surface area contributed by atoms with Crippen LogP contribution in [0.3, 0.4) is 0 Å². The molecule has 2 heterocycles. The molecule has 4 aromatic rings. The van der Waals surface area contributed by atoms with E-state index in [0.29, 0.717) is 26.4 Å². The third-order valence-electron chi connectivity index (χ3n) is 4.36. The smallest absolute Gasteiger partial charge is 0.271 e. The van der Waals surface area contributed by atoms with Gasteiger partial charge in [0.05, 0.1) is 38.3 Å². The summed E-state index contributed by atoms with van der Waals surface area (Å²) in [5.41, 5.74) is 8.75. The van der Waals surface area contributed by atoms with Gasteiger partial charge in [-0.2, -0.15) is 10.2 Å². The maximum atomic E-state index is 11.9. The molecule has 0 spiro atoms. The molecule has 0 aliphatic carbocycles. The van der Waals surface area contributed by atoms with Gasteiger partial charge in [-0.05, 0) is 43.3 Å². The molecule has 7 nitrogen and oxygen atoms in total. The van der Waals surface area contributed by atoms with Gasteiger partial charge in [-0.3, -0.25) is 4.79 Å². The van der Waals surface area contributed by atoms with Crippen molar-refractivity contribution >= 4 is 52.1 Å². The number of nitrogens with two attached hydrogens (primary N) is 1. The number of carbonyl (C=O) groups is 1. The highest BCUT2D eigenvalue weighted by Crippen LogP contribution is 2.30. The molecule has 0 radical (unpaired) electrons. The second-order valence-electron chi connectivity index (χ2n) is 6.45.